The molecule has 0 amide bonds. The number of ether oxygens (including phenoxy) is 1. The molecule has 1 aliphatic heterocycles. The van der Waals surface area contributed by atoms with Crippen LogP contribution >= 0.6 is 11.8 Å². The first-order chi connectivity index (χ1) is 5.75. The second kappa shape index (κ2) is 4.50. The van der Waals surface area contributed by atoms with E-state index in [0.717, 1.165) is 5.75 Å². The van der Waals surface area contributed by atoms with Crippen LogP contribution in [-0.2, 0) is 14.3 Å². The Balaban J connectivity index is 2.48. The van der Waals surface area contributed by atoms with Crippen LogP contribution in [0.4, 0.5) is 0 Å². The van der Waals surface area contributed by atoms with Crippen LogP contribution in [0.3, 0.4) is 0 Å². The van der Waals surface area contributed by atoms with E-state index in [0.29, 0.717) is 18.8 Å². The molecule has 1 fully saturated rings. The molecule has 4 heteroatoms. The molecule has 1 atom stereocenters. The van der Waals surface area contributed by atoms with Crippen molar-refractivity contribution in [3.05, 3.63) is 0 Å². The molecule has 0 bridgehead atoms. The average molecular weight is 188 g/mol. The molecule has 0 saturated carbocycles. The second-order valence-corrected chi connectivity index (χ2v) is 3.75. The van der Waals surface area contributed by atoms with E-state index in [2.05, 4.69) is 0 Å². The molecule has 3 nitrogen and oxygen atoms in total. The van der Waals surface area contributed by atoms with Gasteiger partial charge >= 0.3 is 5.97 Å². The third-order valence-corrected chi connectivity index (χ3v) is 2.80. The summed E-state index contributed by atoms with van der Waals surface area (Å²) in [7, 11) is 0. The van der Waals surface area contributed by atoms with E-state index >= 15 is 0 Å². The highest BCUT2D eigenvalue weighted by molar-refractivity contribution is 7.99. The zero-order chi connectivity index (χ0) is 8.97. The Bertz CT molecular complexity index is 191. The summed E-state index contributed by atoms with van der Waals surface area (Å²) in [5.74, 6) is 0.623. The number of rotatable bonds is 2. The lowest BCUT2D eigenvalue weighted by molar-refractivity contribution is -0.150. The normalized spacial score (nSPS) is 23.8. The molecule has 0 aromatic rings. The van der Waals surface area contributed by atoms with Crippen LogP contribution in [0, 0.1) is 5.92 Å². The maximum absolute atomic E-state index is 11.2. The summed E-state index contributed by atoms with van der Waals surface area (Å²) in [6, 6.07) is 0. The van der Waals surface area contributed by atoms with Gasteiger partial charge in [-0.2, -0.15) is 11.8 Å². The lowest BCUT2D eigenvalue weighted by Gasteiger charge is -2.17. The fraction of sp³-hybridized carbons (Fsp3) is 0.750. The first-order valence-corrected chi connectivity index (χ1v) is 5.18. The minimum Gasteiger partial charge on any atom is -0.465 e. The largest absolute Gasteiger partial charge is 0.465 e. The summed E-state index contributed by atoms with van der Waals surface area (Å²) in [6.45, 7) is 2.10. The van der Waals surface area contributed by atoms with Crippen LogP contribution in [0.5, 0.6) is 0 Å². The van der Waals surface area contributed by atoms with Crippen molar-refractivity contribution in [3.63, 3.8) is 0 Å². The molecular formula is C8H12O3S. The summed E-state index contributed by atoms with van der Waals surface area (Å²) in [5, 5.41) is 0. The van der Waals surface area contributed by atoms with E-state index in [9.17, 15) is 9.59 Å². The number of thioether (sulfide) groups is 1. The number of hydrogen-bond donors (Lipinski definition) is 0. The van der Waals surface area contributed by atoms with E-state index in [1.54, 1.807) is 18.7 Å². The zero-order valence-electron chi connectivity index (χ0n) is 7.04. The number of carbonyl (C=O) groups excluding carboxylic acids is 2. The van der Waals surface area contributed by atoms with Crippen molar-refractivity contribution < 1.29 is 14.3 Å². The Hall–Kier alpha value is -0.510. The molecule has 12 heavy (non-hydrogen) atoms. The van der Waals surface area contributed by atoms with Gasteiger partial charge in [-0.15, -0.1) is 0 Å². The van der Waals surface area contributed by atoms with Gasteiger partial charge in [-0.3, -0.25) is 9.59 Å². The molecule has 1 rings (SSSR count). The van der Waals surface area contributed by atoms with Gasteiger partial charge in [0, 0.05) is 17.9 Å². The zero-order valence-corrected chi connectivity index (χ0v) is 7.86. The van der Waals surface area contributed by atoms with Crippen LogP contribution in [0.2, 0.25) is 0 Å². The van der Waals surface area contributed by atoms with E-state index in [4.69, 9.17) is 4.74 Å². The van der Waals surface area contributed by atoms with Crippen LogP contribution < -0.4 is 0 Å². The van der Waals surface area contributed by atoms with Gasteiger partial charge in [-0.25, -0.2) is 0 Å². The van der Waals surface area contributed by atoms with Crippen molar-refractivity contribution in [1.82, 2.24) is 0 Å². The van der Waals surface area contributed by atoms with Crippen molar-refractivity contribution in [2.75, 3.05) is 18.1 Å². The van der Waals surface area contributed by atoms with Crippen LogP contribution in [0.15, 0.2) is 0 Å². The highest BCUT2D eigenvalue weighted by atomic mass is 32.2. The van der Waals surface area contributed by atoms with Gasteiger partial charge in [0.1, 0.15) is 11.7 Å². The quantitative estimate of drug-likeness (QED) is 0.476. The highest BCUT2D eigenvalue weighted by Crippen LogP contribution is 2.20. The highest BCUT2D eigenvalue weighted by Gasteiger charge is 2.30. The van der Waals surface area contributed by atoms with Crippen LogP contribution in [-0.4, -0.2) is 29.9 Å². The molecule has 68 valence electrons. The summed E-state index contributed by atoms with van der Waals surface area (Å²) in [4.78, 5) is 22.3. The van der Waals surface area contributed by atoms with Crippen molar-refractivity contribution in [2.45, 2.75) is 13.3 Å². The fourth-order valence-electron chi connectivity index (χ4n) is 1.08. The molecule has 0 unspecified atom stereocenters. The molecule has 0 aromatic carbocycles. The molecule has 0 radical (unpaired) electrons. The number of esters is 1. The van der Waals surface area contributed by atoms with Gasteiger partial charge in [0.05, 0.1) is 6.61 Å². The molecule has 1 heterocycles. The molecule has 0 spiro atoms. The predicted octanol–water partition coefficient (Wildman–Crippen LogP) is 0.872. The third kappa shape index (κ3) is 2.24. The standard InChI is InChI=1S/C8H12O3S/c1-2-11-8(10)6-5-12-4-3-7(6)9/h6H,2-5H2,1H3/t6-/m0/s1. The van der Waals surface area contributed by atoms with Gasteiger partial charge < -0.3 is 4.74 Å². The minimum atomic E-state index is -0.497. The predicted molar refractivity (Wildman–Crippen MR) is 47.1 cm³/mol. The fourth-order valence-corrected chi connectivity index (χ4v) is 2.15. The molecular weight excluding hydrogens is 176 g/mol. The van der Waals surface area contributed by atoms with E-state index < -0.39 is 5.92 Å². The topological polar surface area (TPSA) is 43.4 Å². The molecule has 1 saturated heterocycles. The summed E-state index contributed by atoms with van der Waals surface area (Å²) in [5.41, 5.74) is 0. The maximum atomic E-state index is 11.2. The van der Waals surface area contributed by atoms with Gasteiger partial charge in [0.25, 0.3) is 0 Å². The van der Waals surface area contributed by atoms with Crippen molar-refractivity contribution in [3.8, 4) is 0 Å². The number of Topliss-reactive ketones (excluding diaryl/α,β-unsaturated/α-hetero) is 1. The first-order valence-electron chi connectivity index (χ1n) is 4.02. The van der Waals surface area contributed by atoms with Gasteiger partial charge in [0.2, 0.25) is 0 Å². The van der Waals surface area contributed by atoms with E-state index in [1.165, 1.54) is 0 Å². The van der Waals surface area contributed by atoms with Crippen LogP contribution in [0.25, 0.3) is 0 Å². The Kier molecular flexibility index (Phi) is 3.59. The number of carbonyl (C=O) groups is 2. The molecule has 0 aromatic heterocycles. The van der Waals surface area contributed by atoms with Gasteiger partial charge in [0.15, 0.2) is 0 Å². The first kappa shape index (κ1) is 9.58. The molecule has 1 aliphatic rings. The Morgan fingerprint density at radius 1 is 1.75 bits per heavy atom. The lowest BCUT2D eigenvalue weighted by Crippen LogP contribution is -2.31. The summed E-state index contributed by atoms with van der Waals surface area (Å²) in [6.07, 6.45) is 0.508. The Morgan fingerprint density at radius 2 is 2.50 bits per heavy atom. The average Bonchev–Trinajstić information content (AvgIpc) is 2.05. The van der Waals surface area contributed by atoms with Gasteiger partial charge in [-0.05, 0) is 6.92 Å². The van der Waals surface area contributed by atoms with Gasteiger partial charge in [-0.1, -0.05) is 0 Å². The SMILES string of the molecule is CCOC(=O)[C@H]1CSCCC1=O. The van der Waals surface area contributed by atoms with E-state index in [1.807, 2.05) is 0 Å². The van der Waals surface area contributed by atoms with E-state index in [-0.39, 0.29) is 11.8 Å². The number of ketones is 1. The van der Waals surface area contributed by atoms with Crippen molar-refractivity contribution >= 4 is 23.5 Å². The second-order valence-electron chi connectivity index (χ2n) is 2.60. The molecule has 0 aliphatic carbocycles. The van der Waals surface area contributed by atoms with Crippen molar-refractivity contribution in [2.24, 2.45) is 5.92 Å². The summed E-state index contributed by atoms with van der Waals surface area (Å²) < 4.78 is 4.78. The van der Waals surface area contributed by atoms with Crippen LogP contribution in [0.1, 0.15) is 13.3 Å². The molecule has 0 N–H and O–H groups in total. The summed E-state index contributed by atoms with van der Waals surface area (Å²) >= 11 is 1.64. The Labute approximate surface area is 75.8 Å². The van der Waals surface area contributed by atoms with Crippen molar-refractivity contribution in [1.29, 1.82) is 0 Å². The third-order valence-electron chi connectivity index (χ3n) is 1.74. The Morgan fingerprint density at radius 3 is 3.08 bits per heavy atom. The lowest BCUT2D eigenvalue weighted by atomic mass is 10.0. The monoisotopic (exact) mass is 188 g/mol. The number of hydrogen-bond acceptors (Lipinski definition) is 4. The maximum Gasteiger partial charge on any atom is 0.317 e. The smallest absolute Gasteiger partial charge is 0.317 e. The minimum absolute atomic E-state index is 0.0344.